The number of aliphatic carboxylic acids is 1. The Morgan fingerprint density at radius 2 is 2.07 bits per heavy atom. The second-order valence-corrected chi connectivity index (χ2v) is 9.33. The molecule has 1 aliphatic heterocycles. The van der Waals surface area contributed by atoms with E-state index in [0.717, 1.165) is 12.3 Å². The highest BCUT2D eigenvalue weighted by Gasteiger charge is 2.32. The van der Waals surface area contributed by atoms with Crippen molar-refractivity contribution in [3.05, 3.63) is 0 Å². The lowest BCUT2D eigenvalue weighted by molar-refractivity contribution is -0.138. The van der Waals surface area contributed by atoms with E-state index < -0.39 is 5.97 Å². The predicted molar refractivity (Wildman–Crippen MR) is 105 cm³/mol. The standard InChI is InChI=1S/C20H37N3O4/c1-15-9-16(11-20(2,3)10-15)5-6-21-19(26)23-7-8-27-17(13-23)12-22(4)14-18(24)25/h15-17H,5-14H2,1-4H3,(H,21,26)(H,24,25). The summed E-state index contributed by atoms with van der Waals surface area (Å²) in [4.78, 5) is 26.8. The van der Waals surface area contributed by atoms with Crippen LogP contribution in [-0.4, -0.2) is 79.4 Å². The molecule has 0 bridgehead atoms. The molecule has 1 saturated heterocycles. The largest absolute Gasteiger partial charge is 0.480 e. The van der Waals surface area contributed by atoms with Gasteiger partial charge in [-0.05, 0) is 50.0 Å². The number of carbonyl (C=O) groups excluding carboxylic acids is 1. The van der Waals surface area contributed by atoms with Crippen LogP contribution in [0.2, 0.25) is 0 Å². The number of urea groups is 1. The van der Waals surface area contributed by atoms with Crippen molar-refractivity contribution in [3.63, 3.8) is 0 Å². The van der Waals surface area contributed by atoms with Crippen LogP contribution in [0.25, 0.3) is 0 Å². The molecule has 0 spiro atoms. The fourth-order valence-electron chi connectivity index (χ4n) is 4.92. The van der Waals surface area contributed by atoms with E-state index in [1.807, 2.05) is 0 Å². The minimum absolute atomic E-state index is 0.0256. The molecule has 1 heterocycles. The van der Waals surface area contributed by atoms with Crippen LogP contribution in [0, 0.1) is 17.3 Å². The number of hydrogen-bond donors (Lipinski definition) is 2. The number of likely N-dealkylation sites (N-methyl/N-ethyl adjacent to an activating group) is 1. The molecule has 3 atom stereocenters. The van der Waals surface area contributed by atoms with Crippen LogP contribution < -0.4 is 5.32 Å². The van der Waals surface area contributed by atoms with Gasteiger partial charge in [-0.15, -0.1) is 0 Å². The molecule has 1 aliphatic carbocycles. The Morgan fingerprint density at radius 3 is 2.74 bits per heavy atom. The summed E-state index contributed by atoms with van der Waals surface area (Å²) in [5, 5.41) is 11.9. The third-order valence-corrected chi connectivity index (χ3v) is 5.65. The smallest absolute Gasteiger partial charge is 0.317 e. The number of amides is 2. The van der Waals surface area contributed by atoms with Crippen molar-refractivity contribution < 1.29 is 19.4 Å². The molecule has 1 saturated carbocycles. The third kappa shape index (κ3) is 7.66. The van der Waals surface area contributed by atoms with Crippen LogP contribution in [0.4, 0.5) is 4.79 Å². The number of ether oxygens (including phenoxy) is 1. The molecule has 2 aliphatic rings. The first-order chi connectivity index (χ1) is 12.6. The lowest BCUT2D eigenvalue weighted by atomic mass is 9.67. The number of nitrogens with zero attached hydrogens (tertiary/aromatic N) is 2. The summed E-state index contributed by atoms with van der Waals surface area (Å²) in [7, 11) is 1.75. The highest BCUT2D eigenvalue weighted by atomic mass is 16.5. The zero-order valence-corrected chi connectivity index (χ0v) is 17.4. The van der Waals surface area contributed by atoms with Gasteiger partial charge < -0.3 is 20.1 Å². The average molecular weight is 384 g/mol. The number of carboxylic acid groups (broad SMARTS) is 1. The maximum Gasteiger partial charge on any atom is 0.317 e. The number of morpholine rings is 1. The molecule has 27 heavy (non-hydrogen) atoms. The van der Waals surface area contributed by atoms with Crippen molar-refractivity contribution >= 4 is 12.0 Å². The molecule has 0 aromatic carbocycles. The van der Waals surface area contributed by atoms with E-state index in [1.165, 1.54) is 19.3 Å². The zero-order valence-electron chi connectivity index (χ0n) is 17.4. The van der Waals surface area contributed by atoms with Crippen LogP contribution in [-0.2, 0) is 9.53 Å². The van der Waals surface area contributed by atoms with Crippen molar-refractivity contribution in [1.29, 1.82) is 0 Å². The van der Waals surface area contributed by atoms with Crippen molar-refractivity contribution in [2.45, 2.75) is 52.6 Å². The van der Waals surface area contributed by atoms with Gasteiger partial charge >= 0.3 is 12.0 Å². The minimum atomic E-state index is -0.858. The summed E-state index contributed by atoms with van der Waals surface area (Å²) in [6.07, 6.45) is 4.68. The Kier molecular flexibility index (Phi) is 7.91. The van der Waals surface area contributed by atoms with Gasteiger partial charge in [0.25, 0.3) is 0 Å². The summed E-state index contributed by atoms with van der Waals surface area (Å²) in [5.74, 6) is 0.589. The molecule has 3 unspecified atom stereocenters. The lowest BCUT2D eigenvalue weighted by Gasteiger charge is -2.39. The third-order valence-electron chi connectivity index (χ3n) is 5.65. The molecule has 0 aromatic heterocycles. The van der Waals surface area contributed by atoms with E-state index in [0.29, 0.717) is 44.1 Å². The first-order valence-corrected chi connectivity index (χ1v) is 10.2. The Hall–Kier alpha value is -1.34. The number of carbonyl (C=O) groups is 2. The van der Waals surface area contributed by atoms with E-state index in [1.54, 1.807) is 16.8 Å². The van der Waals surface area contributed by atoms with Crippen LogP contribution in [0.1, 0.15) is 46.5 Å². The zero-order chi connectivity index (χ0) is 20.0. The Morgan fingerprint density at radius 1 is 1.33 bits per heavy atom. The van der Waals surface area contributed by atoms with Gasteiger partial charge in [0, 0.05) is 26.2 Å². The van der Waals surface area contributed by atoms with Gasteiger partial charge in [0.05, 0.1) is 19.3 Å². The van der Waals surface area contributed by atoms with Gasteiger partial charge in [-0.25, -0.2) is 4.79 Å². The van der Waals surface area contributed by atoms with Crippen molar-refractivity contribution in [2.24, 2.45) is 17.3 Å². The van der Waals surface area contributed by atoms with Crippen LogP contribution in [0.3, 0.4) is 0 Å². The Labute approximate surface area is 163 Å². The van der Waals surface area contributed by atoms with Crippen molar-refractivity contribution in [3.8, 4) is 0 Å². The number of carboxylic acids is 1. The second-order valence-electron chi connectivity index (χ2n) is 9.33. The van der Waals surface area contributed by atoms with E-state index in [9.17, 15) is 9.59 Å². The van der Waals surface area contributed by atoms with Crippen molar-refractivity contribution in [2.75, 3.05) is 46.4 Å². The molecule has 2 fully saturated rings. The van der Waals surface area contributed by atoms with Gasteiger partial charge in [0.15, 0.2) is 0 Å². The van der Waals surface area contributed by atoms with E-state index in [4.69, 9.17) is 9.84 Å². The molecule has 7 heteroatoms. The molecule has 0 radical (unpaired) electrons. The molecular formula is C20H37N3O4. The summed E-state index contributed by atoms with van der Waals surface area (Å²) in [6.45, 7) is 9.81. The summed E-state index contributed by atoms with van der Waals surface area (Å²) >= 11 is 0. The molecule has 0 aromatic rings. The molecule has 2 rings (SSSR count). The fourth-order valence-corrected chi connectivity index (χ4v) is 4.92. The van der Waals surface area contributed by atoms with Gasteiger partial charge in [-0.1, -0.05) is 20.8 Å². The topological polar surface area (TPSA) is 82.1 Å². The van der Waals surface area contributed by atoms with Gasteiger partial charge in [0.1, 0.15) is 0 Å². The van der Waals surface area contributed by atoms with E-state index in [2.05, 4.69) is 26.1 Å². The number of hydrogen-bond acceptors (Lipinski definition) is 4. The Bertz CT molecular complexity index is 511. The molecule has 7 nitrogen and oxygen atoms in total. The summed E-state index contributed by atoms with van der Waals surface area (Å²) in [5.41, 5.74) is 0.408. The summed E-state index contributed by atoms with van der Waals surface area (Å²) in [6, 6.07) is -0.0349. The molecule has 2 N–H and O–H groups in total. The number of rotatable bonds is 7. The minimum Gasteiger partial charge on any atom is -0.480 e. The molecule has 156 valence electrons. The fraction of sp³-hybridized carbons (Fsp3) is 0.900. The maximum absolute atomic E-state index is 12.5. The van der Waals surface area contributed by atoms with Gasteiger partial charge in [0.2, 0.25) is 0 Å². The quantitative estimate of drug-likeness (QED) is 0.705. The average Bonchev–Trinajstić information content (AvgIpc) is 2.52. The second kappa shape index (κ2) is 9.73. The van der Waals surface area contributed by atoms with Crippen LogP contribution >= 0.6 is 0 Å². The molecule has 2 amide bonds. The SMILES string of the molecule is CC1CC(CCNC(=O)N2CCOC(CN(C)CC(=O)O)C2)CC(C)(C)C1. The normalized spacial score (nSPS) is 28.2. The maximum atomic E-state index is 12.5. The Balaban J connectivity index is 1.71. The van der Waals surface area contributed by atoms with Crippen LogP contribution in [0.15, 0.2) is 0 Å². The van der Waals surface area contributed by atoms with E-state index in [-0.39, 0.29) is 18.7 Å². The van der Waals surface area contributed by atoms with Crippen LogP contribution in [0.5, 0.6) is 0 Å². The van der Waals surface area contributed by atoms with Gasteiger partial charge in [-0.3, -0.25) is 9.69 Å². The van der Waals surface area contributed by atoms with Gasteiger partial charge in [-0.2, -0.15) is 0 Å². The first kappa shape index (κ1) is 22.0. The monoisotopic (exact) mass is 383 g/mol. The molecular weight excluding hydrogens is 346 g/mol. The predicted octanol–water partition coefficient (Wildman–Crippen LogP) is 2.27. The summed E-state index contributed by atoms with van der Waals surface area (Å²) < 4.78 is 5.69. The highest BCUT2D eigenvalue weighted by molar-refractivity contribution is 5.74. The highest BCUT2D eigenvalue weighted by Crippen LogP contribution is 2.42. The number of nitrogens with one attached hydrogen (secondary N) is 1. The van der Waals surface area contributed by atoms with Crippen molar-refractivity contribution in [1.82, 2.24) is 15.1 Å². The lowest BCUT2D eigenvalue weighted by Crippen LogP contribution is -2.52. The van der Waals surface area contributed by atoms with E-state index >= 15 is 0 Å². The first-order valence-electron chi connectivity index (χ1n) is 10.2.